The number of ether oxygens (including phenoxy) is 1. The summed E-state index contributed by atoms with van der Waals surface area (Å²) >= 11 is 0. The topological polar surface area (TPSA) is 84.0 Å². The van der Waals surface area contributed by atoms with E-state index < -0.39 is 0 Å². The van der Waals surface area contributed by atoms with Gasteiger partial charge in [0.2, 0.25) is 0 Å². The van der Waals surface area contributed by atoms with Crippen LogP contribution in [0.5, 0.6) is 5.75 Å². The summed E-state index contributed by atoms with van der Waals surface area (Å²) in [6.07, 6.45) is 1.16. The number of nitrogens with zero attached hydrogens (tertiary/aromatic N) is 4. The summed E-state index contributed by atoms with van der Waals surface area (Å²) in [6.45, 7) is 4.88. The van der Waals surface area contributed by atoms with E-state index in [0.717, 1.165) is 29.9 Å². The van der Waals surface area contributed by atoms with Crippen molar-refractivity contribution >= 4 is 6.09 Å². The SMILES string of the molecule is Cc1ccc(OC(=O)N2CCC(c3nc(-c4ccc(F)cc4)n[nH]3)CC2)c(C)n1. The summed E-state index contributed by atoms with van der Waals surface area (Å²) in [7, 11) is 0. The number of hydrogen-bond donors (Lipinski definition) is 1. The monoisotopic (exact) mass is 395 g/mol. The number of aryl methyl sites for hydroxylation is 2. The number of hydrogen-bond acceptors (Lipinski definition) is 5. The predicted molar refractivity (Wildman–Crippen MR) is 105 cm³/mol. The van der Waals surface area contributed by atoms with Crippen LogP contribution in [-0.2, 0) is 0 Å². The number of amides is 1. The quantitative estimate of drug-likeness (QED) is 0.725. The van der Waals surface area contributed by atoms with Crippen LogP contribution in [-0.4, -0.2) is 44.2 Å². The minimum Gasteiger partial charge on any atom is -0.408 e. The molecule has 0 spiro atoms. The van der Waals surface area contributed by atoms with Gasteiger partial charge >= 0.3 is 6.09 Å². The van der Waals surface area contributed by atoms with Gasteiger partial charge in [0, 0.05) is 30.3 Å². The standard InChI is InChI=1S/C21H22FN5O2/c1-13-3-8-18(14(2)23-13)29-21(28)27-11-9-16(10-12-27)20-24-19(25-26-20)15-4-6-17(22)7-5-15/h3-8,16H,9-12H2,1-2H3,(H,24,25,26). The molecule has 1 amide bonds. The van der Waals surface area contributed by atoms with Gasteiger partial charge in [-0.2, -0.15) is 5.10 Å². The lowest BCUT2D eigenvalue weighted by Gasteiger charge is -2.30. The second-order valence-corrected chi connectivity index (χ2v) is 7.22. The molecule has 7 nitrogen and oxygen atoms in total. The van der Waals surface area contributed by atoms with Crippen molar-refractivity contribution in [2.24, 2.45) is 0 Å². The highest BCUT2D eigenvalue weighted by atomic mass is 19.1. The fourth-order valence-electron chi connectivity index (χ4n) is 3.46. The predicted octanol–water partition coefficient (Wildman–Crippen LogP) is 4.00. The molecule has 0 radical (unpaired) electrons. The maximum atomic E-state index is 13.1. The molecule has 1 saturated heterocycles. The molecule has 1 N–H and O–H groups in total. The molecule has 3 heterocycles. The van der Waals surface area contributed by atoms with Gasteiger partial charge in [-0.15, -0.1) is 0 Å². The third kappa shape index (κ3) is 4.26. The minimum absolute atomic E-state index is 0.184. The number of aromatic nitrogens is 4. The number of nitrogens with one attached hydrogen (secondary N) is 1. The number of rotatable bonds is 3. The molecule has 2 aromatic heterocycles. The lowest BCUT2D eigenvalue weighted by Crippen LogP contribution is -2.39. The molecule has 1 aliphatic rings. The molecule has 1 aliphatic heterocycles. The number of aromatic amines is 1. The highest BCUT2D eigenvalue weighted by Crippen LogP contribution is 2.28. The molecule has 0 bridgehead atoms. The van der Waals surface area contributed by atoms with Crippen LogP contribution < -0.4 is 4.74 Å². The summed E-state index contributed by atoms with van der Waals surface area (Å²) in [6, 6.07) is 9.69. The van der Waals surface area contributed by atoms with Gasteiger partial charge in [0.25, 0.3) is 0 Å². The molecule has 0 atom stereocenters. The van der Waals surface area contributed by atoms with Crippen molar-refractivity contribution in [2.45, 2.75) is 32.6 Å². The number of carbonyl (C=O) groups excluding carboxylic acids is 1. The van der Waals surface area contributed by atoms with Crippen LogP contribution >= 0.6 is 0 Å². The van der Waals surface area contributed by atoms with Crippen LogP contribution in [0.4, 0.5) is 9.18 Å². The van der Waals surface area contributed by atoms with Gasteiger partial charge in [0.1, 0.15) is 11.6 Å². The maximum absolute atomic E-state index is 13.1. The maximum Gasteiger partial charge on any atom is 0.415 e. The van der Waals surface area contributed by atoms with E-state index in [1.54, 1.807) is 23.1 Å². The van der Waals surface area contributed by atoms with Crippen molar-refractivity contribution in [1.29, 1.82) is 0 Å². The molecule has 1 fully saturated rings. The molecular weight excluding hydrogens is 373 g/mol. The third-order valence-corrected chi connectivity index (χ3v) is 5.12. The van der Waals surface area contributed by atoms with Crippen LogP contribution in [0, 0.1) is 19.7 Å². The van der Waals surface area contributed by atoms with E-state index in [1.807, 2.05) is 19.9 Å². The van der Waals surface area contributed by atoms with Gasteiger partial charge in [-0.3, -0.25) is 10.1 Å². The zero-order valence-electron chi connectivity index (χ0n) is 16.4. The van der Waals surface area contributed by atoms with E-state index in [-0.39, 0.29) is 17.8 Å². The fourth-order valence-corrected chi connectivity index (χ4v) is 3.46. The summed E-state index contributed by atoms with van der Waals surface area (Å²) < 4.78 is 18.6. The van der Waals surface area contributed by atoms with E-state index >= 15 is 0 Å². The third-order valence-electron chi connectivity index (χ3n) is 5.12. The average molecular weight is 395 g/mol. The number of pyridine rings is 1. The molecule has 29 heavy (non-hydrogen) atoms. The molecule has 8 heteroatoms. The van der Waals surface area contributed by atoms with Crippen molar-refractivity contribution in [1.82, 2.24) is 25.1 Å². The van der Waals surface area contributed by atoms with Gasteiger partial charge in [-0.05, 0) is 63.1 Å². The van der Waals surface area contributed by atoms with E-state index in [4.69, 9.17) is 4.74 Å². The highest BCUT2D eigenvalue weighted by Gasteiger charge is 2.27. The summed E-state index contributed by atoms with van der Waals surface area (Å²) in [4.78, 5) is 23.1. The van der Waals surface area contributed by atoms with Crippen molar-refractivity contribution in [3.63, 3.8) is 0 Å². The molecule has 0 saturated carbocycles. The zero-order valence-corrected chi connectivity index (χ0v) is 16.4. The number of piperidine rings is 1. The Morgan fingerprint density at radius 2 is 1.83 bits per heavy atom. The summed E-state index contributed by atoms with van der Waals surface area (Å²) in [5.74, 6) is 1.71. The smallest absolute Gasteiger partial charge is 0.408 e. The number of H-pyrrole nitrogens is 1. The van der Waals surface area contributed by atoms with Crippen molar-refractivity contribution in [3.05, 3.63) is 59.4 Å². The Morgan fingerprint density at radius 1 is 1.10 bits per heavy atom. The van der Waals surface area contributed by atoms with E-state index in [9.17, 15) is 9.18 Å². The fraction of sp³-hybridized carbons (Fsp3) is 0.333. The lowest BCUT2D eigenvalue weighted by molar-refractivity contribution is 0.137. The van der Waals surface area contributed by atoms with Crippen molar-refractivity contribution in [3.8, 4) is 17.1 Å². The number of likely N-dealkylation sites (tertiary alicyclic amines) is 1. The Bertz CT molecular complexity index is 1010. The van der Waals surface area contributed by atoms with E-state index in [0.29, 0.717) is 30.4 Å². The first kappa shape index (κ1) is 19.0. The molecular formula is C21H22FN5O2. The number of halogens is 1. The lowest BCUT2D eigenvalue weighted by atomic mass is 9.96. The van der Waals surface area contributed by atoms with Crippen LogP contribution in [0.25, 0.3) is 11.4 Å². The van der Waals surface area contributed by atoms with Gasteiger partial charge < -0.3 is 9.64 Å². The first-order chi connectivity index (χ1) is 14.0. The number of carbonyl (C=O) groups is 1. The zero-order chi connectivity index (χ0) is 20.4. The summed E-state index contributed by atoms with van der Waals surface area (Å²) in [5, 5.41) is 7.23. The minimum atomic E-state index is -0.359. The van der Waals surface area contributed by atoms with Gasteiger partial charge in [0.15, 0.2) is 11.6 Å². The Morgan fingerprint density at radius 3 is 2.52 bits per heavy atom. The van der Waals surface area contributed by atoms with E-state index in [1.165, 1.54) is 12.1 Å². The Kier molecular flexibility index (Phi) is 5.24. The Balaban J connectivity index is 1.35. The molecule has 3 aromatic rings. The van der Waals surface area contributed by atoms with Gasteiger partial charge in [-0.1, -0.05) is 0 Å². The Labute approximate surface area is 167 Å². The van der Waals surface area contributed by atoms with Crippen LogP contribution in [0.1, 0.15) is 36.0 Å². The molecule has 150 valence electrons. The van der Waals surface area contributed by atoms with Gasteiger partial charge in [-0.25, -0.2) is 14.2 Å². The van der Waals surface area contributed by atoms with Crippen molar-refractivity contribution in [2.75, 3.05) is 13.1 Å². The van der Waals surface area contributed by atoms with E-state index in [2.05, 4.69) is 20.2 Å². The molecule has 0 unspecified atom stereocenters. The Hall–Kier alpha value is -3.29. The van der Waals surface area contributed by atoms with Crippen molar-refractivity contribution < 1.29 is 13.9 Å². The number of benzene rings is 1. The second-order valence-electron chi connectivity index (χ2n) is 7.22. The normalized spacial score (nSPS) is 14.8. The average Bonchev–Trinajstić information content (AvgIpc) is 3.21. The summed E-state index contributed by atoms with van der Waals surface area (Å²) in [5.41, 5.74) is 2.34. The second kappa shape index (κ2) is 7.98. The highest BCUT2D eigenvalue weighted by molar-refractivity contribution is 5.71. The first-order valence-corrected chi connectivity index (χ1v) is 9.59. The molecule has 1 aromatic carbocycles. The first-order valence-electron chi connectivity index (χ1n) is 9.59. The molecule has 0 aliphatic carbocycles. The molecule has 4 rings (SSSR count). The largest absolute Gasteiger partial charge is 0.415 e. The van der Waals surface area contributed by atoms with Crippen LogP contribution in [0.15, 0.2) is 36.4 Å². The van der Waals surface area contributed by atoms with Crippen LogP contribution in [0.3, 0.4) is 0 Å². The van der Waals surface area contributed by atoms with Gasteiger partial charge in [0.05, 0.1) is 5.69 Å². The van der Waals surface area contributed by atoms with Crippen LogP contribution in [0.2, 0.25) is 0 Å².